The van der Waals surface area contributed by atoms with Crippen LogP contribution in [0.3, 0.4) is 0 Å². The Balaban J connectivity index is 1.77. The van der Waals surface area contributed by atoms with E-state index >= 15 is 0 Å². The smallest absolute Gasteiger partial charge is 0.255 e. The second-order valence-corrected chi connectivity index (χ2v) is 6.32. The number of amides is 1. The van der Waals surface area contributed by atoms with E-state index in [1.807, 2.05) is 24.3 Å². The molecule has 1 aliphatic heterocycles. The van der Waals surface area contributed by atoms with E-state index in [4.69, 9.17) is 16.3 Å². The number of halogens is 1. The molecule has 0 aromatic heterocycles. The van der Waals surface area contributed by atoms with Gasteiger partial charge < -0.3 is 15.2 Å². The summed E-state index contributed by atoms with van der Waals surface area (Å²) in [5, 5.41) is 13.4. The van der Waals surface area contributed by atoms with Gasteiger partial charge in [-0.2, -0.15) is 0 Å². The van der Waals surface area contributed by atoms with Gasteiger partial charge in [0.05, 0.1) is 24.8 Å². The topological polar surface area (TPSA) is 61.8 Å². The summed E-state index contributed by atoms with van der Waals surface area (Å²) in [4.78, 5) is 14.7. The molecule has 0 bridgehead atoms. The van der Waals surface area contributed by atoms with Crippen LogP contribution in [0.1, 0.15) is 22.0 Å². The van der Waals surface area contributed by atoms with Crippen LogP contribution in [0.15, 0.2) is 48.5 Å². The molecule has 1 fully saturated rings. The first-order chi connectivity index (χ1) is 12.2. The van der Waals surface area contributed by atoms with Crippen LogP contribution in [-0.4, -0.2) is 48.8 Å². The molecule has 132 valence electrons. The van der Waals surface area contributed by atoms with Gasteiger partial charge in [-0.05, 0) is 23.8 Å². The van der Waals surface area contributed by atoms with Crippen molar-refractivity contribution in [3.63, 3.8) is 0 Å². The molecule has 1 heterocycles. The van der Waals surface area contributed by atoms with Gasteiger partial charge in [-0.1, -0.05) is 41.9 Å². The molecule has 1 amide bonds. The average molecular weight is 361 g/mol. The van der Waals surface area contributed by atoms with Crippen molar-refractivity contribution in [1.29, 1.82) is 0 Å². The second kappa shape index (κ2) is 8.34. The number of phenolic OH excluding ortho intramolecular Hbond substituents is 1. The fourth-order valence-electron chi connectivity index (χ4n) is 3.02. The van der Waals surface area contributed by atoms with Gasteiger partial charge in [0.15, 0.2) is 0 Å². The lowest BCUT2D eigenvalue weighted by Crippen LogP contribution is -2.44. The number of para-hydroxylation sites is 1. The Morgan fingerprint density at radius 1 is 1.16 bits per heavy atom. The molecule has 5 nitrogen and oxygen atoms in total. The lowest BCUT2D eigenvalue weighted by atomic mass is 10.0. The molecule has 2 N–H and O–H groups in total. The van der Waals surface area contributed by atoms with E-state index < -0.39 is 0 Å². The van der Waals surface area contributed by atoms with Gasteiger partial charge in [-0.3, -0.25) is 9.69 Å². The van der Waals surface area contributed by atoms with Gasteiger partial charge in [0, 0.05) is 24.7 Å². The summed E-state index contributed by atoms with van der Waals surface area (Å²) in [6, 6.07) is 14.1. The first-order valence-electron chi connectivity index (χ1n) is 8.29. The van der Waals surface area contributed by atoms with Gasteiger partial charge in [0.25, 0.3) is 5.91 Å². The number of morpholine rings is 1. The molecule has 2 aromatic carbocycles. The number of nitrogens with one attached hydrogen (secondary N) is 1. The number of aromatic hydroxyl groups is 1. The lowest BCUT2D eigenvalue weighted by molar-refractivity contribution is 0.0162. The Bertz CT molecular complexity index is 732. The molecule has 2 aromatic rings. The van der Waals surface area contributed by atoms with Crippen molar-refractivity contribution in [3.8, 4) is 5.75 Å². The first kappa shape index (κ1) is 17.7. The number of hydrogen-bond donors (Lipinski definition) is 2. The fraction of sp³-hybridized carbons (Fsp3) is 0.316. The van der Waals surface area contributed by atoms with E-state index in [1.165, 1.54) is 6.07 Å². The largest absolute Gasteiger partial charge is 0.507 e. The van der Waals surface area contributed by atoms with Crippen LogP contribution in [0, 0.1) is 0 Å². The van der Waals surface area contributed by atoms with Gasteiger partial charge in [-0.25, -0.2) is 0 Å². The quantitative estimate of drug-likeness (QED) is 0.860. The van der Waals surface area contributed by atoms with Gasteiger partial charge in [0.1, 0.15) is 5.75 Å². The maximum absolute atomic E-state index is 12.4. The number of nitrogens with zero attached hydrogens (tertiary/aromatic N) is 1. The zero-order chi connectivity index (χ0) is 17.6. The Morgan fingerprint density at radius 2 is 1.84 bits per heavy atom. The summed E-state index contributed by atoms with van der Waals surface area (Å²) in [5.41, 5.74) is 1.24. The zero-order valence-corrected chi connectivity index (χ0v) is 14.6. The predicted molar refractivity (Wildman–Crippen MR) is 97.0 cm³/mol. The summed E-state index contributed by atoms with van der Waals surface area (Å²) in [7, 11) is 0. The van der Waals surface area contributed by atoms with E-state index in [9.17, 15) is 9.90 Å². The number of carbonyl (C=O) groups is 1. The predicted octanol–water partition coefficient (Wildman–Crippen LogP) is 2.85. The van der Waals surface area contributed by atoms with Crippen LogP contribution in [0.2, 0.25) is 5.02 Å². The van der Waals surface area contributed by atoms with Crippen LogP contribution in [0.4, 0.5) is 0 Å². The molecular weight excluding hydrogens is 340 g/mol. The third-order valence-corrected chi connectivity index (χ3v) is 4.70. The molecule has 0 spiro atoms. The molecule has 0 unspecified atom stereocenters. The molecule has 3 rings (SSSR count). The number of ether oxygens (including phenoxy) is 1. The summed E-state index contributed by atoms with van der Waals surface area (Å²) >= 11 is 6.39. The van der Waals surface area contributed by atoms with E-state index in [0.29, 0.717) is 24.8 Å². The Morgan fingerprint density at radius 3 is 2.56 bits per heavy atom. The minimum absolute atomic E-state index is 0.0272. The highest BCUT2D eigenvalue weighted by Crippen LogP contribution is 2.28. The molecular formula is C19H21ClN2O3. The van der Waals surface area contributed by atoms with Crippen LogP contribution >= 0.6 is 11.6 Å². The average Bonchev–Trinajstić information content (AvgIpc) is 2.64. The van der Waals surface area contributed by atoms with Crippen LogP contribution in [0.25, 0.3) is 0 Å². The van der Waals surface area contributed by atoms with Crippen molar-refractivity contribution in [2.75, 3.05) is 32.8 Å². The van der Waals surface area contributed by atoms with Crippen molar-refractivity contribution >= 4 is 17.5 Å². The van der Waals surface area contributed by atoms with Crippen molar-refractivity contribution in [2.24, 2.45) is 0 Å². The van der Waals surface area contributed by atoms with Crippen molar-refractivity contribution in [3.05, 3.63) is 64.7 Å². The van der Waals surface area contributed by atoms with Crippen LogP contribution in [0.5, 0.6) is 5.75 Å². The maximum atomic E-state index is 12.4. The number of rotatable bonds is 5. The summed E-state index contributed by atoms with van der Waals surface area (Å²) in [6.07, 6.45) is 0. The summed E-state index contributed by atoms with van der Waals surface area (Å²) in [5.74, 6) is -0.330. The minimum atomic E-state index is -0.302. The third-order valence-electron chi connectivity index (χ3n) is 4.36. The molecule has 6 heteroatoms. The molecule has 0 radical (unpaired) electrons. The van der Waals surface area contributed by atoms with Crippen molar-refractivity contribution < 1.29 is 14.6 Å². The molecule has 0 saturated carbocycles. The molecule has 25 heavy (non-hydrogen) atoms. The standard InChI is InChI=1S/C19H21ClN2O3/c20-16-7-3-1-5-14(16)17(22-9-11-25-12-10-22)13-21-19(24)15-6-2-4-8-18(15)23/h1-8,17,23H,9-13H2,(H,21,24)/t17-/m1/s1. The maximum Gasteiger partial charge on any atom is 0.255 e. The summed E-state index contributed by atoms with van der Waals surface area (Å²) in [6.45, 7) is 3.28. The van der Waals surface area contributed by atoms with Crippen molar-refractivity contribution in [2.45, 2.75) is 6.04 Å². The number of benzene rings is 2. The highest BCUT2D eigenvalue weighted by molar-refractivity contribution is 6.31. The second-order valence-electron chi connectivity index (χ2n) is 5.91. The zero-order valence-electron chi connectivity index (χ0n) is 13.8. The van der Waals surface area contributed by atoms with E-state index in [1.54, 1.807) is 18.2 Å². The van der Waals surface area contributed by atoms with Gasteiger partial charge >= 0.3 is 0 Å². The minimum Gasteiger partial charge on any atom is -0.507 e. The fourth-order valence-corrected chi connectivity index (χ4v) is 3.28. The Labute approximate surface area is 152 Å². The van der Waals surface area contributed by atoms with E-state index in [0.717, 1.165) is 18.7 Å². The number of hydrogen-bond acceptors (Lipinski definition) is 4. The summed E-state index contributed by atoms with van der Waals surface area (Å²) < 4.78 is 5.43. The van der Waals surface area contributed by atoms with Gasteiger partial charge in [0.2, 0.25) is 0 Å². The van der Waals surface area contributed by atoms with E-state index in [-0.39, 0.29) is 23.3 Å². The molecule has 1 saturated heterocycles. The monoisotopic (exact) mass is 360 g/mol. The highest BCUT2D eigenvalue weighted by atomic mass is 35.5. The normalized spacial score (nSPS) is 16.4. The van der Waals surface area contributed by atoms with Gasteiger partial charge in [-0.15, -0.1) is 0 Å². The molecule has 0 aliphatic carbocycles. The highest BCUT2D eigenvalue weighted by Gasteiger charge is 2.25. The van der Waals surface area contributed by atoms with Crippen LogP contribution < -0.4 is 5.32 Å². The third kappa shape index (κ3) is 4.31. The molecule has 1 atom stereocenters. The first-order valence-corrected chi connectivity index (χ1v) is 8.67. The molecule has 1 aliphatic rings. The lowest BCUT2D eigenvalue weighted by Gasteiger charge is -2.35. The van der Waals surface area contributed by atoms with Crippen molar-refractivity contribution in [1.82, 2.24) is 10.2 Å². The van der Waals surface area contributed by atoms with Crippen LogP contribution in [-0.2, 0) is 4.74 Å². The number of carbonyl (C=O) groups excluding carboxylic acids is 1. The SMILES string of the molecule is O=C(NC[C@H](c1ccccc1Cl)N1CCOCC1)c1ccccc1O. The Hall–Kier alpha value is -2.08. The van der Waals surface area contributed by atoms with E-state index in [2.05, 4.69) is 10.2 Å². The Kier molecular flexibility index (Phi) is 5.91. The number of phenols is 1.